The molecule has 0 spiro atoms. The maximum Gasteiger partial charge on any atom is 0.169 e. The van der Waals surface area contributed by atoms with Gasteiger partial charge in [0.2, 0.25) is 0 Å². The Hall–Kier alpha value is -1.89. The zero-order valence-electron chi connectivity index (χ0n) is 8.58. The fourth-order valence-electron chi connectivity index (χ4n) is 1.43. The minimum Gasteiger partial charge on any atom is -0.201 e. The standard InChI is InChI=1S/C14H14N/c1-3-8-14(9-4-1)10-7-13-15-11-5-2-6-12-15/h1-12H,13H2/q+1. The second-order valence-corrected chi connectivity index (χ2v) is 3.39. The van der Waals surface area contributed by atoms with Crippen molar-refractivity contribution in [3.05, 3.63) is 72.6 Å². The number of benzene rings is 1. The van der Waals surface area contributed by atoms with Gasteiger partial charge in [-0.2, -0.15) is 0 Å². The van der Waals surface area contributed by atoms with E-state index in [1.807, 2.05) is 24.3 Å². The zero-order chi connectivity index (χ0) is 10.3. The SMILES string of the molecule is C(=Cc1ccccc1)C[n+]1ccccc1. The van der Waals surface area contributed by atoms with Crippen molar-refractivity contribution in [2.24, 2.45) is 0 Å². The fourth-order valence-corrected chi connectivity index (χ4v) is 1.43. The summed E-state index contributed by atoms with van der Waals surface area (Å²) in [5, 5.41) is 0. The Morgan fingerprint density at radius 1 is 0.867 bits per heavy atom. The molecule has 0 N–H and O–H groups in total. The van der Waals surface area contributed by atoms with Crippen molar-refractivity contribution in [3.63, 3.8) is 0 Å². The van der Waals surface area contributed by atoms with Crippen LogP contribution in [0.4, 0.5) is 0 Å². The highest BCUT2D eigenvalue weighted by Gasteiger charge is 1.91. The molecule has 0 aliphatic rings. The van der Waals surface area contributed by atoms with E-state index in [0.717, 1.165) is 6.54 Å². The molecular formula is C14H14N+. The summed E-state index contributed by atoms with van der Waals surface area (Å²) in [5.41, 5.74) is 1.24. The molecule has 1 heterocycles. The third-order valence-corrected chi connectivity index (χ3v) is 2.20. The first-order valence-electron chi connectivity index (χ1n) is 5.11. The van der Waals surface area contributed by atoms with Crippen LogP contribution in [0.25, 0.3) is 6.08 Å². The summed E-state index contributed by atoms with van der Waals surface area (Å²) in [6, 6.07) is 16.4. The topological polar surface area (TPSA) is 3.88 Å². The van der Waals surface area contributed by atoms with Crippen molar-refractivity contribution >= 4 is 6.08 Å². The van der Waals surface area contributed by atoms with Gasteiger partial charge < -0.3 is 0 Å². The van der Waals surface area contributed by atoms with Gasteiger partial charge in [-0.05, 0) is 11.6 Å². The molecule has 1 aromatic heterocycles. The summed E-state index contributed by atoms with van der Waals surface area (Å²) < 4.78 is 2.14. The van der Waals surface area contributed by atoms with Gasteiger partial charge in [-0.3, -0.25) is 0 Å². The smallest absolute Gasteiger partial charge is 0.169 e. The molecule has 2 aromatic rings. The van der Waals surface area contributed by atoms with Crippen molar-refractivity contribution in [1.29, 1.82) is 0 Å². The molecule has 0 saturated carbocycles. The van der Waals surface area contributed by atoms with Crippen molar-refractivity contribution in [2.45, 2.75) is 6.54 Å². The second-order valence-electron chi connectivity index (χ2n) is 3.39. The molecule has 0 fully saturated rings. The van der Waals surface area contributed by atoms with E-state index in [2.05, 4.69) is 53.4 Å². The molecule has 0 bridgehead atoms. The molecule has 1 nitrogen and oxygen atoms in total. The third kappa shape index (κ3) is 3.06. The zero-order valence-corrected chi connectivity index (χ0v) is 8.58. The maximum absolute atomic E-state index is 2.16. The second kappa shape index (κ2) is 5.11. The molecule has 0 aliphatic heterocycles. The van der Waals surface area contributed by atoms with Crippen LogP contribution in [0.15, 0.2) is 67.0 Å². The van der Waals surface area contributed by atoms with E-state index in [1.165, 1.54) is 5.56 Å². The number of hydrogen-bond donors (Lipinski definition) is 0. The van der Waals surface area contributed by atoms with Gasteiger partial charge in [0.15, 0.2) is 18.9 Å². The molecule has 0 saturated heterocycles. The molecule has 2 rings (SSSR count). The maximum atomic E-state index is 2.16. The molecule has 15 heavy (non-hydrogen) atoms. The molecule has 74 valence electrons. The van der Waals surface area contributed by atoms with Crippen LogP contribution in [0.3, 0.4) is 0 Å². The predicted octanol–water partition coefficient (Wildman–Crippen LogP) is 2.69. The van der Waals surface area contributed by atoms with Crippen LogP contribution in [-0.2, 0) is 6.54 Å². The quantitative estimate of drug-likeness (QED) is 0.664. The summed E-state index contributed by atoms with van der Waals surface area (Å²) in [4.78, 5) is 0. The van der Waals surface area contributed by atoms with Gasteiger partial charge in [-0.1, -0.05) is 42.5 Å². The molecule has 0 unspecified atom stereocenters. The van der Waals surface area contributed by atoms with Crippen LogP contribution in [0.5, 0.6) is 0 Å². The molecule has 1 aromatic carbocycles. The summed E-state index contributed by atoms with van der Waals surface area (Å²) in [5.74, 6) is 0. The lowest BCUT2D eigenvalue weighted by atomic mass is 10.2. The summed E-state index contributed by atoms with van der Waals surface area (Å²) >= 11 is 0. The minimum absolute atomic E-state index is 0.912. The first-order chi connectivity index (χ1) is 7.45. The van der Waals surface area contributed by atoms with E-state index in [9.17, 15) is 0 Å². The molecule has 0 amide bonds. The Morgan fingerprint density at radius 3 is 2.27 bits per heavy atom. The van der Waals surface area contributed by atoms with Crippen LogP contribution >= 0.6 is 0 Å². The minimum atomic E-state index is 0.912. The van der Waals surface area contributed by atoms with Gasteiger partial charge in [-0.25, -0.2) is 4.57 Å². The average Bonchev–Trinajstić information content (AvgIpc) is 2.32. The van der Waals surface area contributed by atoms with Crippen molar-refractivity contribution in [1.82, 2.24) is 0 Å². The Balaban J connectivity index is 1.97. The highest BCUT2D eigenvalue weighted by atomic mass is 14.9. The van der Waals surface area contributed by atoms with Gasteiger partial charge in [-0.15, -0.1) is 0 Å². The number of allylic oxidation sites excluding steroid dienone is 1. The third-order valence-electron chi connectivity index (χ3n) is 2.20. The summed E-state index contributed by atoms with van der Waals surface area (Å²) in [6.45, 7) is 0.912. The van der Waals surface area contributed by atoms with Gasteiger partial charge in [0.05, 0.1) is 0 Å². The lowest BCUT2D eigenvalue weighted by Gasteiger charge is -1.91. The fraction of sp³-hybridized carbons (Fsp3) is 0.0714. The molecule has 1 heteroatoms. The van der Waals surface area contributed by atoms with Crippen molar-refractivity contribution < 1.29 is 4.57 Å². The number of nitrogens with zero attached hydrogens (tertiary/aromatic N) is 1. The van der Waals surface area contributed by atoms with Crippen LogP contribution in [0.1, 0.15) is 5.56 Å². The first-order valence-corrected chi connectivity index (χ1v) is 5.11. The summed E-state index contributed by atoms with van der Waals surface area (Å²) in [7, 11) is 0. The van der Waals surface area contributed by atoms with E-state index in [4.69, 9.17) is 0 Å². The van der Waals surface area contributed by atoms with Gasteiger partial charge >= 0.3 is 0 Å². The number of pyridine rings is 1. The van der Waals surface area contributed by atoms with E-state index >= 15 is 0 Å². The van der Waals surface area contributed by atoms with E-state index < -0.39 is 0 Å². The summed E-state index contributed by atoms with van der Waals surface area (Å²) in [6.07, 6.45) is 8.43. The van der Waals surface area contributed by atoms with Gasteiger partial charge in [0, 0.05) is 12.1 Å². The number of rotatable bonds is 3. The molecular weight excluding hydrogens is 182 g/mol. The molecule has 0 radical (unpaired) electrons. The number of aromatic nitrogens is 1. The highest BCUT2D eigenvalue weighted by molar-refractivity contribution is 5.48. The largest absolute Gasteiger partial charge is 0.201 e. The van der Waals surface area contributed by atoms with Gasteiger partial charge in [0.1, 0.15) is 0 Å². The van der Waals surface area contributed by atoms with E-state index in [-0.39, 0.29) is 0 Å². The van der Waals surface area contributed by atoms with Crippen molar-refractivity contribution in [3.8, 4) is 0 Å². The Kier molecular flexibility index (Phi) is 3.29. The Bertz CT molecular complexity index is 418. The van der Waals surface area contributed by atoms with E-state index in [0.29, 0.717) is 0 Å². The normalized spacial score (nSPS) is 10.7. The predicted molar refractivity (Wildman–Crippen MR) is 62.1 cm³/mol. The molecule has 0 atom stereocenters. The van der Waals surface area contributed by atoms with Crippen LogP contribution in [0, 0.1) is 0 Å². The van der Waals surface area contributed by atoms with Crippen LogP contribution in [-0.4, -0.2) is 0 Å². The first kappa shape index (κ1) is 9.66. The Labute approximate surface area is 90.3 Å². The highest BCUT2D eigenvalue weighted by Crippen LogP contribution is 2.00. The van der Waals surface area contributed by atoms with Crippen LogP contribution < -0.4 is 4.57 Å². The molecule has 0 aliphatic carbocycles. The Morgan fingerprint density at radius 2 is 1.53 bits per heavy atom. The van der Waals surface area contributed by atoms with E-state index in [1.54, 1.807) is 0 Å². The number of hydrogen-bond acceptors (Lipinski definition) is 0. The average molecular weight is 196 g/mol. The lowest BCUT2D eigenvalue weighted by Crippen LogP contribution is -2.30. The van der Waals surface area contributed by atoms with Crippen LogP contribution in [0.2, 0.25) is 0 Å². The monoisotopic (exact) mass is 196 g/mol. The van der Waals surface area contributed by atoms with Gasteiger partial charge in [0.25, 0.3) is 0 Å². The van der Waals surface area contributed by atoms with Crippen molar-refractivity contribution in [2.75, 3.05) is 0 Å². The lowest BCUT2D eigenvalue weighted by molar-refractivity contribution is -0.686.